The highest BCUT2D eigenvalue weighted by atomic mass is 35.5. The molecule has 48 heavy (non-hydrogen) atoms. The molecule has 2 heterocycles. The van der Waals surface area contributed by atoms with E-state index >= 15 is 0 Å². The van der Waals surface area contributed by atoms with Crippen LogP contribution < -0.4 is 5.32 Å². The van der Waals surface area contributed by atoms with Gasteiger partial charge in [-0.1, -0.05) is 110 Å². The number of imidazole rings is 1. The minimum atomic E-state index is -1.29. The van der Waals surface area contributed by atoms with Crippen molar-refractivity contribution in [1.82, 2.24) is 19.9 Å². The second-order valence-corrected chi connectivity index (χ2v) is 12.4. The van der Waals surface area contributed by atoms with Gasteiger partial charge >= 0.3 is 5.97 Å². The number of benzene rings is 4. The van der Waals surface area contributed by atoms with Crippen molar-refractivity contribution >= 4 is 28.5 Å². The van der Waals surface area contributed by atoms with Crippen LogP contribution in [0.2, 0.25) is 5.15 Å². The Morgan fingerprint density at radius 3 is 2.48 bits per heavy atom. The van der Waals surface area contributed by atoms with Gasteiger partial charge in [-0.3, -0.25) is 0 Å². The molecule has 0 saturated heterocycles. The van der Waals surface area contributed by atoms with E-state index in [4.69, 9.17) is 16.6 Å². The summed E-state index contributed by atoms with van der Waals surface area (Å²) in [6.07, 6.45) is 6.50. The molecule has 0 fully saturated rings. The van der Waals surface area contributed by atoms with Gasteiger partial charge < -0.3 is 20.0 Å². The van der Waals surface area contributed by atoms with Crippen molar-refractivity contribution in [3.63, 3.8) is 0 Å². The van der Waals surface area contributed by atoms with Crippen LogP contribution in [0.15, 0.2) is 115 Å². The van der Waals surface area contributed by atoms with Crippen molar-refractivity contribution in [2.45, 2.75) is 52.1 Å². The molecule has 244 valence electrons. The van der Waals surface area contributed by atoms with Crippen molar-refractivity contribution in [3.05, 3.63) is 160 Å². The average Bonchev–Trinajstić information content (AvgIpc) is 3.63. The largest absolute Gasteiger partial charge is 0.478 e. The molecule has 6 nitrogen and oxygen atoms in total. The summed E-state index contributed by atoms with van der Waals surface area (Å²) in [4.78, 5) is 20.1. The maximum absolute atomic E-state index is 14.3. The molecule has 0 aliphatic carbocycles. The molecule has 0 atom stereocenters. The zero-order valence-corrected chi connectivity index (χ0v) is 27.6. The van der Waals surface area contributed by atoms with Crippen molar-refractivity contribution in [3.8, 4) is 11.1 Å². The standard InChI is InChI=1S/C40H38ClFN4O2/c1-2-3-16-37-45-39(41)36(46(37)26-28-17-19-30(20-18-28)33-13-9-14-34(42)38(33)40(47)48)25-43-24-29(21-27-10-5-4-6-11-27)22-32-23-31-12-7-8-15-35(31)44-32/h4-15,17-20,23-24,43-44H,2-3,16,21-22,25-26H2,1H3,(H,47,48). The van der Waals surface area contributed by atoms with Crippen LogP contribution in [0.4, 0.5) is 4.39 Å². The van der Waals surface area contributed by atoms with Crippen molar-refractivity contribution < 1.29 is 14.3 Å². The number of aromatic carboxylic acids is 1. The number of hydrogen-bond donors (Lipinski definition) is 3. The number of nitrogens with one attached hydrogen (secondary N) is 2. The second kappa shape index (κ2) is 15.2. The number of hydrogen-bond acceptors (Lipinski definition) is 3. The number of allylic oxidation sites excluding steroid dienone is 1. The number of rotatable bonds is 14. The summed E-state index contributed by atoms with van der Waals surface area (Å²) < 4.78 is 16.5. The summed E-state index contributed by atoms with van der Waals surface area (Å²) in [6, 6.07) is 32.9. The maximum Gasteiger partial charge on any atom is 0.339 e. The zero-order chi connectivity index (χ0) is 33.5. The number of unbranched alkanes of at least 4 members (excludes halogenated alkanes) is 1. The highest BCUT2D eigenvalue weighted by Gasteiger charge is 2.18. The predicted molar refractivity (Wildman–Crippen MR) is 191 cm³/mol. The Balaban J connectivity index is 1.25. The van der Waals surface area contributed by atoms with Gasteiger partial charge in [0.2, 0.25) is 0 Å². The Morgan fingerprint density at radius 1 is 0.958 bits per heavy atom. The van der Waals surface area contributed by atoms with Crippen LogP contribution in [0.3, 0.4) is 0 Å². The second-order valence-electron chi connectivity index (χ2n) is 12.0. The highest BCUT2D eigenvalue weighted by Crippen LogP contribution is 2.28. The SMILES string of the molecule is CCCCc1nc(Cl)c(CNC=C(Cc2ccccc2)Cc2cc3ccccc3[nH]2)n1Cc1ccc(-c2cccc(F)c2C(=O)O)cc1. The van der Waals surface area contributed by atoms with Crippen LogP contribution in [-0.4, -0.2) is 25.6 Å². The van der Waals surface area contributed by atoms with Crippen molar-refractivity contribution in [1.29, 1.82) is 0 Å². The van der Waals surface area contributed by atoms with Crippen LogP contribution >= 0.6 is 11.6 Å². The first-order chi connectivity index (χ1) is 23.4. The third-order valence-corrected chi connectivity index (χ3v) is 8.85. The van der Waals surface area contributed by atoms with E-state index in [1.54, 1.807) is 6.07 Å². The van der Waals surface area contributed by atoms with Gasteiger partial charge in [0.1, 0.15) is 17.2 Å². The zero-order valence-electron chi connectivity index (χ0n) is 26.8. The van der Waals surface area contributed by atoms with Gasteiger partial charge in [0.15, 0.2) is 5.15 Å². The van der Waals surface area contributed by atoms with Crippen LogP contribution in [0.5, 0.6) is 0 Å². The van der Waals surface area contributed by atoms with Crippen LogP contribution in [0, 0.1) is 5.82 Å². The van der Waals surface area contributed by atoms with E-state index in [1.165, 1.54) is 28.7 Å². The van der Waals surface area contributed by atoms with E-state index in [1.807, 2.05) is 36.4 Å². The molecule has 0 bridgehead atoms. The lowest BCUT2D eigenvalue weighted by Crippen LogP contribution is -2.15. The molecule has 0 amide bonds. The highest BCUT2D eigenvalue weighted by molar-refractivity contribution is 6.30. The Kier molecular flexibility index (Phi) is 10.4. The smallest absolute Gasteiger partial charge is 0.339 e. The molecule has 0 radical (unpaired) electrons. The van der Waals surface area contributed by atoms with Gasteiger partial charge in [-0.15, -0.1) is 0 Å². The monoisotopic (exact) mass is 660 g/mol. The first-order valence-corrected chi connectivity index (χ1v) is 16.6. The Labute approximate surface area is 284 Å². The molecule has 8 heteroatoms. The predicted octanol–water partition coefficient (Wildman–Crippen LogP) is 9.37. The van der Waals surface area contributed by atoms with Gasteiger partial charge in [-0.25, -0.2) is 14.2 Å². The fourth-order valence-electron chi connectivity index (χ4n) is 6.13. The van der Waals surface area contributed by atoms with E-state index < -0.39 is 11.8 Å². The number of nitrogens with zero attached hydrogens (tertiary/aromatic N) is 2. The van der Waals surface area contributed by atoms with E-state index in [9.17, 15) is 14.3 Å². The molecule has 6 aromatic rings. The number of aromatic nitrogens is 3. The molecule has 3 N–H and O–H groups in total. The van der Waals surface area contributed by atoms with Crippen LogP contribution in [0.25, 0.3) is 22.0 Å². The first kappa shape index (κ1) is 32.8. The van der Waals surface area contributed by atoms with Crippen LogP contribution in [0.1, 0.15) is 58.5 Å². The van der Waals surface area contributed by atoms with Crippen LogP contribution in [-0.2, 0) is 32.4 Å². The summed E-state index contributed by atoms with van der Waals surface area (Å²) in [7, 11) is 0. The fraction of sp³-hybridized carbons (Fsp3) is 0.200. The Hall–Kier alpha value is -5.14. The lowest BCUT2D eigenvalue weighted by molar-refractivity contribution is 0.0693. The first-order valence-electron chi connectivity index (χ1n) is 16.3. The Bertz CT molecular complexity index is 2010. The molecule has 0 spiro atoms. The number of H-pyrrole nitrogens is 1. The number of para-hydroxylation sites is 1. The molecule has 6 rings (SSSR count). The quantitative estimate of drug-likeness (QED) is 0.109. The number of aryl methyl sites for hydroxylation is 1. The normalized spacial score (nSPS) is 11.7. The molecule has 2 aromatic heterocycles. The lowest BCUT2D eigenvalue weighted by Gasteiger charge is -2.14. The van der Waals surface area contributed by atoms with Gasteiger partial charge in [-0.2, -0.15) is 0 Å². The summed E-state index contributed by atoms with van der Waals surface area (Å²) in [6.45, 7) is 3.19. The Morgan fingerprint density at radius 2 is 1.73 bits per heavy atom. The topological polar surface area (TPSA) is 82.9 Å². The third kappa shape index (κ3) is 7.69. The van der Waals surface area contributed by atoms with Gasteiger partial charge in [0.25, 0.3) is 0 Å². The molecule has 0 aliphatic rings. The maximum atomic E-state index is 14.3. The van der Waals surface area contributed by atoms with Crippen molar-refractivity contribution in [2.24, 2.45) is 0 Å². The number of carboxylic acid groups (broad SMARTS) is 1. The van der Waals surface area contributed by atoms with Gasteiger partial charge in [0.05, 0.1) is 12.2 Å². The third-order valence-electron chi connectivity index (χ3n) is 8.54. The minimum Gasteiger partial charge on any atom is -0.478 e. The number of fused-ring (bicyclic) bond motifs is 1. The molecular weight excluding hydrogens is 623 g/mol. The molecule has 0 aliphatic heterocycles. The molecular formula is C40H38ClFN4O2. The number of halogens is 2. The summed E-state index contributed by atoms with van der Waals surface area (Å²) in [5.74, 6) is -1.12. The number of carbonyl (C=O) groups is 1. The number of aromatic amines is 1. The summed E-state index contributed by atoms with van der Waals surface area (Å²) in [5.41, 5.74) is 7.30. The molecule has 0 unspecified atom stereocenters. The lowest BCUT2D eigenvalue weighted by atomic mass is 9.98. The summed E-state index contributed by atoms with van der Waals surface area (Å²) in [5, 5.41) is 14.8. The fourth-order valence-corrected chi connectivity index (χ4v) is 6.39. The van der Waals surface area contributed by atoms with E-state index in [2.05, 4.69) is 76.5 Å². The molecule has 0 saturated carbocycles. The average molecular weight is 661 g/mol. The van der Waals surface area contributed by atoms with Gasteiger partial charge in [-0.05, 0) is 70.5 Å². The van der Waals surface area contributed by atoms with E-state index in [0.717, 1.165) is 60.4 Å². The minimum absolute atomic E-state index is 0.328. The van der Waals surface area contributed by atoms with Crippen molar-refractivity contribution in [2.75, 3.05) is 0 Å². The summed E-state index contributed by atoms with van der Waals surface area (Å²) >= 11 is 6.79. The van der Waals surface area contributed by atoms with E-state index in [0.29, 0.717) is 29.4 Å². The van der Waals surface area contributed by atoms with E-state index in [-0.39, 0.29) is 5.56 Å². The molecule has 4 aromatic carbocycles. The van der Waals surface area contributed by atoms with Gasteiger partial charge in [0, 0.05) is 30.6 Å². The number of carboxylic acids is 1.